The quantitative estimate of drug-likeness (QED) is 0.920. The second-order valence-electron chi connectivity index (χ2n) is 6.94. The summed E-state index contributed by atoms with van der Waals surface area (Å²) in [5.41, 5.74) is 4.89. The van der Waals surface area contributed by atoms with Gasteiger partial charge in [0, 0.05) is 37.6 Å². The highest BCUT2D eigenvalue weighted by Gasteiger charge is 2.22. The Morgan fingerprint density at radius 1 is 0.962 bits per heavy atom. The maximum absolute atomic E-state index is 12.6. The first-order valence-corrected chi connectivity index (χ1v) is 9.30. The van der Waals surface area contributed by atoms with Gasteiger partial charge in [-0.2, -0.15) is 0 Å². The van der Waals surface area contributed by atoms with Gasteiger partial charge in [0.05, 0.1) is 7.11 Å². The fraction of sp³-hybridized carbons (Fsp3) is 0.381. The molecule has 1 fully saturated rings. The molecular formula is C21H25N3O2. The first-order valence-electron chi connectivity index (χ1n) is 9.30. The van der Waals surface area contributed by atoms with Crippen molar-refractivity contribution in [1.29, 1.82) is 0 Å². The Labute approximate surface area is 154 Å². The zero-order chi connectivity index (χ0) is 17.9. The van der Waals surface area contributed by atoms with Crippen molar-refractivity contribution in [3.8, 4) is 5.75 Å². The van der Waals surface area contributed by atoms with Crippen molar-refractivity contribution in [2.45, 2.75) is 19.3 Å². The minimum Gasteiger partial charge on any atom is -0.497 e. The van der Waals surface area contributed by atoms with Crippen molar-refractivity contribution >= 4 is 17.4 Å². The van der Waals surface area contributed by atoms with Gasteiger partial charge in [-0.15, -0.1) is 0 Å². The molecule has 26 heavy (non-hydrogen) atoms. The molecule has 5 heteroatoms. The van der Waals surface area contributed by atoms with E-state index >= 15 is 0 Å². The van der Waals surface area contributed by atoms with E-state index in [2.05, 4.69) is 34.5 Å². The monoisotopic (exact) mass is 351 g/mol. The number of carbonyl (C=O) groups excluding carboxylic acids is 1. The Bertz CT molecular complexity index is 780. The van der Waals surface area contributed by atoms with E-state index in [-0.39, 0.29) is 6.03 Å². The standard InChI is InChI=1S/C21H25N3O2/c1-26-20-9-7-19(8-10-20)23-11-13-24(14-12-23)21(25)22-18-6-5-16-3-2-4-17(16)15-18/h5-10,15H,2-4,11-14H2,1H3,(H,22,25). The number of nitrogens with zero attached hydrogens (tertiary/aromatic N) is 2. The number of fused-ring (bicyclic) bond motifs is 1. The summed E-state index contributed by atoms with van der Waals surface area (Å²) in [7, 11) is 1.67. The van der Waals surface area contributed by atoms with Gasteiger partial charge in [0.2, 0.25) is 0 Å². The van der Waals surface area contributed by atoms with E-state index in [9.17, 15) is 4.79 Å². The third-order valence-corrected chi connectivity index (χ3v) is 5.35. The molecule has 2 amide bonds. The molecule has 1 aliphatic heterocycles. The second kappa shape index (κ2) is 7.28. The van der Waals surface area contributed by atoms with Crippen LogP contribution < -0.4 is 15.0 Å². The summed E-state index contributed by atoms with van der Waals surface area (Å²) < 4.78 is 5.21. The summed E-state index contributed by atoms with van der Waals surface area (Å²) in [5.74, 6) is 0.862. The van der Waals surface area contributed by atoms with Crippen LogP contribution in [0.4, 0.5) is 16.2 Å². The number of piperazine rings is 1. The molecule has 1 heterocycles. The van der Waals surface area contributed by atoms with Gasteiger partial charge in [-0.1, -0.05) is 6.07 Å². The van der Waals surface area contributed by atoms with Gasteiger partial charge in [0.15, 0.2) is 0 Å². The SMILES string of the molecule is COc1ccc(N2CCN(C(=O)Nc3ccc4c(c3)CCC4)CC2)cc1. The predicted molar refractivity (Wildman–Crippen MR) is 104 cm³/mol. The van der Waals surface area contributed by atoms with Crippen LogP contribution in [0.15, 0.2) is 42.5 Å². The Hall–Kier alpha value is -2.69. The molecule has 0 aromatic heterocycles. The minimum atomic E-state index is -0.00247. The molecule has 0 spiro atoms. The number of nitrogens with one attached hydrogen (secondary N) is 1. The number of carbonyl (C=O) groups is 1. The zero-order valence-electron chi connectivity index (χ0n) is 15.2. The summed E-state index contributed by atoms with van der Waals surface area (Å²) in [5, 5.41) is 3.06. The van der Waals surface area contributed by atoms with E-state index in [0.717, 1.165) is 50.5 Å². The third-order valence-electron chi connectivity index (χ3n) is 5.35. The highest BCUT2D eigenvalue weighted by molar-refractivity contribution is 5.89. The van der Waals surface area contributed by atoms with E-state index in [4.69, 9.17) is 4.74 Å². The molecular weight excluding hydrogens is 326 g/mol. The Morgan fingerprint density at radius 2 is 1.69 bits per heavy atom. The molecule has 1 N–H and O–H groups in total. The van der Waals surface area contributed by atoms with E-state index in [1.54, 1.807) is 7.11 Å². The Balaban J connectivity index is 1.33. The van der Waals surface area contributed by atoms with E-state index in [1.165, 1.54) is 23.2 Å². The molecule has 0 radical (unpaired) electrons. The average Bonchev–Trinajstić information content (AvgIpc) is 3.16. The van der Waals surface area contributed by atoms with Gasteiger partial charge in [-0.05, 0) is 66.8 Å². The third kappa shape index (κ3) is 3.47. The maximum atomic E-state index is 12.6. The van der Waals surface area contributed by atoms with Gasteiger partial charge < -0.3 is 19.9 Å². The number of urea groups is 1. The number of amides is 2. The molecule has 4 rings (SSSR count). The zero-order valence-corrected chi connectivity index (χ0v) is 15.2. The molecule has 1 saturated heterocycles. The Morgan fingerprint density at radius 3 is 2.42 bits per heavy atom. The number of aryl methyl sites for hydroxylation is 2. The van der Waals surface area contributed by atoms with E-state index < -0.39 is 0 Å². The fourth-order valence-electron chi connectivity index (χ4n) is 3.81. The molecule has 2 aromatic rings. The van der Waals surface area contributed by atoms with Crippen molar-refractivity contribution < 1.29 is 9.53 Å². The topological polar surface area (TPSA) is 44.8 Å². The molecule has 2 aromatic carbocycles. The molecule has 0 atom stereocenters. The van der Waals surface area contributed by atoms with Crippen molar-refractivity contribution in [2.24, 2.45) is 0 Å². The second-order valence-corrected chi connectivity index (χ2v) is 6.94. The predicted octanol–water partition coefficient (Wildman–Crippen LogP) is 3.54. The van der Waals surface area contributed by atoms with Crippen LogP contribution in [0.1, 0.15) is 17.5 Å². The number of rotatable bonds is 3. The van der Waals surface area contributed by atoms with Crippen molar-refractivity contribution in [3.05, 3.63) is 53.6 Å². The number of ether oxygens (including phenoxy) is 1. The molecule has 1 aliphatic carbocycles. The van der Waals surface area contributed by atoms with Crippen LogP contribution in [0.3, 0.4) is 0 Å². The van der Waals surface area contributed by atoms with Crippen LogP contribution in [0.5, 0.6) is 5.75 Å². The van der Waals surface area contributed by atoms with Crippen LogP contribution >= 0.6 is 0 Å². The molecule has 0 bridgehead atoms. The van der Waals surface area contributed by atoms with Crippen molar-refractivity contribution in [1.82, 2.24) is 4.90 Å². The summed E-state index contributed by atoms with van der Waals surface area (Å²) in [6.45, 7) is 3.12. The fourth-order valence-corrected chi connectivity index (χ4v) is 3.81. The molecule has 2 aliphatic rings. The lowest BCUT2D eigenvalue weighted by atomic mass is 10.1. The number of benzene rings is 2. The van der Waals surface area contributed by atoms with Crippen molar-refractivity contribution in [3.63, 3.8) is 0 Å². The minimum absolute atomic E-state index is 0.00247. The van der Waals surface area contributed by atoms with E-state index in [0.29, 0.717) is 0 Å². The maximum Gasteiger partial charge on any atom is 0.321 e. The van der Waals surface area contributed by atoms with Gasteiger partial charge >= 0.3 is 6.03 Å². The van der Waals surface area contributed by atoms with Crippen LogP contribution in [-0.2, 0) is 12.8 Å². The summed E-state index contributed by atoms with van der Waals surface area (Å²) in [6, 6.07) is 14.4. The van der Waals surface area contributed by atoms with Crippen LogP contribution in [0.2, 0.25) is 0 Å². The highest BCUT2D eigenvalue weighted by Crippen LogP contribution is 2.25. The first-order chi connectivity index (χ1) is 12.7. The molecule has 0 saturated carbocycles. The lowest BCUT2D eigenvalue weighted by molar-refractivity contribution is 0.208. The number of hydrogen-bond acceptors (Lipinski definition) is 3. The first kappa shape index (κ1) is 16.8. The van der Waals surface area contributed by atoms with Gasteiger partial charge in [0.1, 0.15) is 5.75 Å². The van der Waals surface area contributed by atoms with Crippen molar-refractivity contribution in [2.75, 3.05) is 43.5 Å². The lowest BCUT2D eigenvalue weighted by Gasteiger charge is -2.36. The average molecular weight is 351 g/mol. The Kier molecular flexibility index (Phi) is 4.69. The number of hydrogen-bond donors (Lipinski definition) is 1. The highest BCUT2D eigenvalue weighted by atomic mass is 16.5. The number of methoxy groups -OCH3 is 1. The van der Waals surface area contributed by atoms with Crippen LogP contribution in [0.25, 0.3) is 0 Å². The van der Waals surface area contributed by atoms with Gasteiger partial charge in [-0.25, -0.2) is 4.79 Å². The van der Waals surface area contributed by atoms with E-state index in [1.807, 2.05) is 23.1 Å². The number of anilines is 2. The summed E-state index contributed by atoms with van der Waals surface area (Å²) in [4.78, 5) is 16.8. The molecule has 136 valence electrons. The van der Waals surface area contributed by atoms with Crippen LogP contribution in [-0.4, -0.2) is 44.2 Å². The largest absolute Gasteiger partial charge is 0.497 e. The van der Waals surface area contributed by atoms with Gasteiger partial charge in [-0.3, -0.25) is 0 Å². The normalized spacial score (nSPS) is 16.3. The lowest BCUT2D eigenvalue weighted by Crippen LogP contribution is -2.50. The molecule has 0 unspecified atom stereocenters. The molecule has 5 nitrogen and oxygen atoms in total. The van der Waals surface area contributed by atoms with Crippen LogP contribution in [0, 0.1) is 0 Å². The summed E-state index contributed by atoms with van der Waals surface area (Å²) in [6.07, 6.45) is 3.51. The van der Waals surface area contributed by atoms with Gasteiger partial charge in [0.25, 0.3) is 0 Å². The smallest absolute Gasteiger partial charge is 0.321 e. The summed E-state index contributed by atoms with van der Waals surface area (Å²) >= 11 is 0.